The van der Waals surface area contributed by atoms with E-state index in [0.717, 1.165) is 19.3 Å². The largest absolute Gasteiger partial charge is 0.206 e. The van der Waals surface area contributed by atoms with E-state index in [4.69, 9.17) is 14.8 Å². The molecule has 0 aromatic heterocycles. The Hall–Kier alpha value is -0.120. The van der Waals surface area contributed by atoms with Gasteiger partial charge in [-0.15, -0.1) is 0 Å². The van der Waals surface area contributed by atoms with E-state index >= 15 is 0 Å². The molecule has 0 aromatic rings. The Kier molecular flexibility index (Phi) is 12.8. The first-order chi connectivity index (χ1) is 9.24. The summed E-state index contributed by atoms with van der Waals surface area (Å²) in [6, 6.07) is 0. The van der Waals surface area contributed by atoms with Crippen molar-refractivity contribution in [2.45, 2.75) is 97.5 Å². The summed E-state index contributed by atoms with van der Waals surface area (Å²) < 4.78 is 0. The van der Waals surface area contributed by atoms with Crippen molar-refractivity contribution in [2.75, 3.05) is 6.61 Å². The van der Waals surface area contributed by atoms with Gasteiger partial charge in [0.1, 0.15) is 5.60 Å². The van der Waals surface area contributed by atoms with E-state index in [-0.39, 0.29) is 5.60 Å². The Labute approximate surface area is 119 Å². The highest BCUT2D eigenvalue weighted by Gasteiger charge is 2.28. The summed E-state index contributed by atoms with van der Waals surface area (Å²) in [5, 5.41) is 4.84. The standard InChI is InChI=1S/C16H34O3/c1-5-9-10-11-12-13-14-15-16(6-2,7-3)18-19-17-8-4/h5-15H2,1-4H3. The molecule has 0 spiro atoms. The van der Waals surface area contributed by atoms with Gasteiger partial charge >= 0.3 is 0 Å². The van der Waals surface area contributed by atoms with Crippen LogP contribution < -0.4 is 0 Å². The van der Waals surface area contributed by atoms with Crippen LogP contribution in [0, 0.1) is 0 Å². The Morgan fingerprint density at radius 2 is 1.32 bits per heavy atom. The first-order valence-corrected chi connectivity index (χ1v) is 8.22. The van der Waals surface area contributed by atoms with Gasteiger partial charge in [-0.2, -0.15) is 4.89 Å². The first-order valence-electron chi connectivity index (χ1n) is 8.22. The molecule has 0 amide bonds. The molecule has 0 saturated carbocycles. The Bertz CT molecular complexity index is 179. The third kappa shape index (κ3) is 9.42. The van der Waals surface area contributed by atoms with Crippen molar-refractivity contribution in [1.29, 1.82) is 0 Å². The molecule has 0 rings (SSSR count). The van der Waals surface area contributed by atoms with Crippen LogP contribution >= 0.6 is 0 Å². The molecule has 0 heterocycles. The maximum Gasteiger partial charge on any atom is 0.106 e. The molecule has 116 valence electrons. The highest BCUT2D eigenvalue weighted by Crippen LogP contribution is 2.28. The molecule has 0 fully saturated rings. The van der Waals surface area contributed by atoms with E-state index in [2.05, 4.69) is 20.8 Å². The summed E-state index contributed by atoms with van der Waals surface area (Å²) in [6.45, 7) is 8.97. The van der Waals surface area contributed by atoms with Gasteiger partial charge in [0.2, 0.25) is 0 Å². The van der Waals surface area contributed by atoms with Crippen molar-refractivity contribution in [3.05, 3.63) is 0 Å². The van der Waals surface area contributed by atoms with Gasteiger partial charge in [0, 0.05) is 0 Å². The van der Waals surface area contributed by atoms with Crippen molar-refractivity contribution in [1.82, 2.24) is 0 Å². The quantitative estimate of drug-likeness (QED) is 0.235. The molecule has 0 aromatic carbocycles. The molecule has 3 nitrogen and oxygen atoms in total. The van der Waals surface area contributed by atoms with E-state index in [1.807, 2.05) is 6.92 Å². The van der Waals surface area contributed by atoms with Gasteiger partial charge in [0.15, 0.2) is 0 Å². The second-order valence-electron chi connectivity index (χ2n) is 5.32. The van der Waals surface area contributed by atoms with Crippen LogP contribution in [0.3, 0.4) is 0 Å². The summed E-state index contributed by atoms with van der Waals surface area (Å²) in [5.74, 6) is 0. The van der Waals surface area contributed by atoms with E-state index in [1.54, 1.807) is 0 Å². The van der Waals surface area contributed by atoms with Crippen molar-refractivity contribution in [3.8, 4) is 0 Å². The zero-order chi connectivity index (χ0) is 14.4. The molecule has 0 unspecified atom stereocenters. The molecule has 0 saturated heterocycles. The summed E-state index contributed by atoms with van der Waals surface area (Å²) in [7, 11) is 0. The molecule has 0 aliphatic rings. The number of unbranched alkanes of at least 4 members (excludes halogenated alkanes) is 6. The number of hydrogen-bond acceptors (Lipinski definition) is 3. The fraction of sp³-hybridized carbons (Fsp3) is 1.00. The molecule has 0 radical (unpaired) electrons. The van der Waals surface area contributed by atoms with Gasteiger partial charge in [-0.25, -0.2) is 4.89 Å². The van der Waals surface area contributed by atoms with Crippen LogP contribution in [0.25, 0.3) is 0 Å². The monoisotopic (exact) mass is 274 g/mol. The third-order valence-electron chi connectivity index (χ3n) is 3.90. The molecular formula is C16H34O3. The lowest BCUT2D eigenvalue weighted by Gasteiger charge is -2.29. The second kappa shape index (κ2) is 12.9. The van der Waals surface area contributed by atoms with Crippen LogP contribution in [0.2, 0.25) is 0 Å². The first kappa shape index (κ1) is 18.9. The molecule has 0 atom stereocenters. The van der Waals surface area contributed by atoms with Gasteiger partial charge in [0.25, 0.3) is 0 Å². The molecule has 3 heteroatoms. The highest BCUT2D eigenvalue weighted by molar-refractivity contribution is 4.76. The van der Waals surface area contributed by atoms with Crippen molar-refractivity contribution in [3.63, 3.8) is 0 Å². The van der Waals surface area contributed by atoms with Crippen LogP contribution in [0.5, 0.6) is 0 Å². The fourth-order valence-corrected chi connectivity index (χ4v) is 2.31. The van der Waals surface area contributed by atoms with E-state index in [1.165, 1.54) is 44.9 Å². The molecule has 0 aliphatic heterocycles. The summed E-state index contributed by atoms with van der Waals surface area (Å²) in [5.41, 5.74) is -0.168. The lowest BCUT2D eigenvalue weighted by atomic mass is 9.90. The lowest BCUT2D eigenvalue weighted by molar-refractivity contribution is -0.544. The molecule has 0 aliphatic carbocycles. The van der Waals surface area contributed by atoms with Crippen LogP contribution in [-0.2, 0) is 14.8 Å². The Balaban J connectivity index is 3.74. The van der Waals surface area contributed by atoms with E-state index in [0.29, 0.717) is 6.61 Å². The zero-order valence-corrected chi connectivity index (χ0v) is 13.5. The normalized spacial score (nSPS) is 12.0. The Morgan fingerprint density at radius 1 is 0.737 bits per heavy atom. The summed E-state index contributed by atoms with van der Waals surface area (Å²) in [4.78, 5) is 10.3. The van der Waals surface area contributed by atoms with Gasteiger partial charge in [-0.1, -0.05) is 70.8 Å². The fourth-order valence-electron chi connectivity index (χ4n) is 2.31. The average Bonchev–Trinajstić information content (AvgIpc) is 2.45. The van der Waals surface area contributed by atoms with Crippen molar-refractivity contribution >= 4 is 0 Å². The highest BCUT2D eigenvalue weighted by atomic mass is 17.5. The minimum atomic E-state index is -0.168. The van der Waals surface area contributed by atoms with Crippen LogP contribution in [0.4, 0.5) is 0 Å². The topological polar surface area (TPSA) is 27.7 Å². The minimum absolute atomic E-state index is 0.168. The molecule has 0 bridgehead atoms. The minimum Gasteiger partial charge on any atom is -0.206 e. The molecule has 0 N–H and O–H groups in total. The van der Waals surface area contributed by atoms with Crippen LogP contribution in [0.1, 0.15) is 91.9 Å². The summed E-state index contributed by atoms with van der Waals surface area (Å²) >= 11 is 0. The third-order valence-corrected chi connectivity index (χ3v) is 3.90. The number of rotatable bonds is 14. The molecular weight excluding hydrogens is 240 g/mol. The van der Waals surface area contributed by atoms with Gasteiger partial charge in [-0.3, -0.25) is 0 Å². The second-order valence-corrected chi connectivity index (χ2v) is 5.32. The average molecular weight is 274 g/mol. The SMILES string of the molecule is CCCCCCCCCC(CC)(CC)OOOCC. The van der Waals surface area contributed by atoms with Gasteiger partial charge in [0.05, 0.1) is 6.61 Å². The van der Waals surface area contributed by atoms with Crippen LogP contribution in [-0.4, -0.2) is 12.2 Å². The maximum absolute atomic E-state index is 5.49. The molecule has 19 heavy (non-hydrogen) atoms. The lowest BCUT2D eigenvalue weighted by Crippen LogP contribution is -2.31. The number of hydrogen-bond donors (Lipinski definition) is 0. The van der Waals surface area contributed by atoms with Gasteiger partial charge < -0.3 is 0 Å². The predicted octanol–water partition coefficient (Wildman–Crippen LogP) is 5.59. The summed E-state index contributed by atoms with van der Waals surface area (Å²) in [6.07, 6.45) is 12.3. The van der Waals surface area contributed by atoms with Gasteiger partial charge in [-0.05, 0) is 26.2 Å². The van der Waals surface area contributed by atoms with E-state index < -0.39 is 0 Å². The zero-order valence-electron chi connectivity index (χ0n) is 13.5. The van der Waals surface area contributed by atoms with E-state index in [9.17, 15) is 0 Å². The maximum atomic E-state index is 5.49. The van der Waals surface area contributed by atoms with Crippen molar-refractivity contribution < 1.29 is 14.8 Å². The smallest absolute Gasteiger partial charge is 0.106 e. The van der Waals surface area contributed by atoms with Crippen LogP contribution in [0.15, 0.2) is 0 Å². The predicted molar refractivity (Wildman–Crippen MR) is 79.7 cm³/mol. The Morgan fingerprint density at radius 3 is 1.84 bits per heavy atom. The van der Waals surface area contributed by atoms with Crippen molar-refractivity contribution in [2.24, 2.45) is 0 Å².